The van der Waals surface area contributed by atoms with Gasteiger partial charge in [0.25, 0.3) is 0 Å². The molecule has 0 aliphatic carbocycles. The molecule has 0 saturated heterocycles. The van der Waals surface area contributed by atoms with Gasteiger partial charge in [-0.3, -0.25) is 0 Å². The molecule has 0 saturated carbocycles. The summed E-state index contributed by atoms with van der Waals surface area (Å²) < 4.78 is 10.9. The van der Waals surface area contributed by atoms with Crippen molar-refractivity contribution in [2.45, 2.75) is 13.2 Å². The van der Waals surface area contributed by atoms with Gasteiger partial charge in [0.05, 0.1) is 16.6 Å². The summed E-state index contributed by atoms with van der Waals surface area (Å²) in [5.74, 6) is 1.73. The molecule has 0 amide bonds. The van der Waals surface area contributed by atoms with E-state index >= 15 is 0 Å². The highest BCUT2D eigenvalue weighted by Crippen LogP contribution is 2.36. The monoisotopic (exact) mass is 305 g/mol. The van der Waals surface area contributed by atoms with Crippen molar-refractivity contribution in [2.75, 3.05) is 0 Å². The second-order valence-corrected chi connectivity index (χ2v) is 4.81. The van der Waals surface area contributed by atoms with Crippen molar-refractivity contribution in [1.82, 2.24) is 0 Å². The first-order valence-corrected chi connectivity index (χ1v) is 6.28. The van der Waals surface area contributed by atoms with Gasteiger partial charge in [0, 0.05) is 5.02 Å². The van der Waals surface area contributed by atoms with Crippen molar-refractivity contribution >= 4 is 34.8 Å². The summed E-state index contributed by atoms with van der Waals surface area (Å²) in [5, 5.41) is 1.18. The van der Waals surface area contributed by atoms with Crippen molar-refractivity contribution in [1.29, 1.82) is 0 Å². The highest BCUT2D eigenvalue weighted by Gasteiger charge is 2.10. The molecule has 1 heterocycles. The average Bonchev–Trinajstić information content (AvgIpc) is 2.75. The number of hydrogen-bond donors (Lipinski definition) is 1. The van der Waals surface area contributed by atoms with Crippen LogP contribution in [0.25, 0.3) is 0 Å². The molecule has 2 rings (SSSR count). The van der Waals surface area contributed by atoms with Gasteiger partial charge in [-0.2, -0.15) is 0 Å². The van der Waals surface area contributed by atoms with E-state index in [4.69, 9.17) is 49.7 Å². The number of nitrogens with two attached hydrogens (primary N) is 1. The second-order valence-electron chi connectivity index (χ2n) is 3.56. The van der Waals surface area contributed by atoms with Crippen molar-refractivity contribution in [2.24, 2.45) is 5.73 Å². The molecule has 1 aromatic heterocycles. The number of halogens is 3. The second kappa shape index (κ2) is 5.85. The highest BCUT2D eigenvalue weighted by molar-refractivity contribution is 6.40. The zero-order chi connectivity index (χ0) is 13.1. The predicted molar refractivity (Wildman–Crippen MR) is 72.4 cm³/mol. The molecule has 1 aromatic carbocycles. The summed E-state index contributed by atoms with van der Waals surface area (Å²) in [7, 11) is 0. The molecule has 2 N–H and O–H groups in total. The Morgan fingerprint density at radius 3 is 2.22 bits per heavy atom. The molecule has 18 heavy (non-hydrogen) atoms. The minimum atomic E-state index is 0.223. The van der Waals surface area contributed by atoms with E-state index in [0.717, 1.165) is 0 Å². The maximum absolute atomic E-state index is 5.99. The number of rotatable bonds is 4. The summed E-state index contributed by atoms with van der Waals surface area (Å²) in [5.41, 5.74) is 5.44. The summed E-state index contributed by atoms with van der Waals surface area (Å²) in [6.07, 6.45) is 0. The normalized spacial score (nSPS) is 10.7. The molecule has 0 radical (unpaired) electrons. The first-order valence-electron chi connectivity index (χ1n) is 5.15. The Labute approximate surface area is 119 Å². The Balaban J connectivity index is 2.10. The van der Waals surface area contributed by atoms with Crippen LogP contribution in [0.5, 0.6) is 5.75 Å². The summed E-state index contributed by atoms with van der Waals surface area (Å²) in [4.78, 5) is 0. The van der Waals surface area contributed by atoms with Gasteiger partial charge in [-0.05, 0) is 24.3 Å². The van der Waals surface area contributed by atoms with Gasteiger partial charge in [-0.1, -0.05) is 34.8 Å². The lowest BCUT2D eigenvalue weighted by atomic mass is 10.3. The Bertz CT molecular complexity index is 531. The van der Waals surface area contributed by atoms with E-state index in [2.05, 4.69) is 0 Å². The standard InChI is InChI=1S/C12H10Cl3NO2/c13-7-3-10(14)12(11(15)4-7)17-6-9-2-1-8(5-16)18-9/h1-4H,5-6,16H2. The van der Waals surface area contributed by atoms with Crippen molar-refractivity contribution in [3.8, 4) is 5.75 Å². The zero-order valence-electron chi connectivity index (χ0n) is 9.25. The van der Waals surface area contributed by atoms with E-state index in [-0.39, 0.29) is 6.61 Å². The smallest absolute Gasteiger partial charge is 0.157 e. The van der Waals surface area contributed by atoms with E-state index in [1.165, 1.54) is 0 Å². The molecule has 0 fully saturated rings. The number of benzene rings is 1. The topological polar surface area (TPSA) is 48.4 Å². The minimum absolute atomic E-state index is 0.223. The lowest BCUT2D eigenvalue weighted by Gasteiger charge is -2.08. The zero-order valence-corrected chi connectivity index (χ0v) is 11.5. The third-order valence-corrected chi connectivity index (χ3v) is 3.02. The highest BCUT2D eigenvalue weighted by atomic mass is 35.5. The Morgan fingerprint density at radius 2 is 1.67 bits per heavy atom. The molecule has 3 nitrogen and oxygen atoms in total. The Hall–Kier alpha value is -0.870. The van der Waals surface area contributed by atoms with Crippen LogP contribution in [-0.2, 0) is 13.2 Å². The Morgan fingerprint density at radius 1 is 1.06 bits per heavy atom. The van der Waals surface area contributed by atoms with Crippen LogP contribution < -0.4 is 10.5 Å². The van der Waals surface area contributed by atoms with Crippen LogP contribution in [0.2, 0.25) is 15.1 Å². The first-order chi connectivity index (χ1) is 8.60. The van der Waals surface area contributed by atoms with Crippen molar-refractivity contribution in [3.05, 3.63) is 50.9 Å². The van der Waals surface area contributed by atoms with E-state index in [9.17, 15) is 0 Å². The number of furan rings is 1. The molecule has 0 unspecified atom stereocenters. The van der Waals surface area contributed by atoms with Crippen LogP contribution in [0.4, 0.5) is 0 Å². The Kier molecular flexibility index (Phi) is 4.40. The fraction of sp³-hybridized carbons (Fsp3) is 0.167. The maximum atomic E-state index is 5.99. The summed E-state index contributed by atoms with van der Waals surface area (Å²) in [6.45, 7) is 0.573. The van der Waals surface area contributed by atoms with Crippen molar-refractivity contribution in [3.63, 3.8) is 0 Å². The molecule has 0 spiro atoms. The number of hydrogen-bond acceptors (Lipinski definition) is 3. The van der Waals surface area contributed by atoms with Crippen LogP contribution in [0.1, 0.15) is 11.5 Å². The average molecular weight is 307 g/mol. The van der Waals surface area contributed by atoms with Gasteiger partial charge in [-0.25, -0.2) is 0 Å². The fourth-order valence-electron chi connectivity index (χ4n) is 1.42. The van der Waals surface area contributed by atoms with Gasteiger partial charge in [0.2, 0.25) is 0 Å². The van der Waals surface area contributed by atoms with E-state index in [1.54, 1.807) is 24.3 Å². The molecule has 0 atom stereocenters. The van der Waals surface area contributed by atoms with Gasteiger partial charge < -0.3 is 14.9 Å². The van der Waals surface area contributed by atoms with E-state index in [0.29, 0.717) is 38.9 Å². The lowest BCUT2D eigenvalue weighted by molar-refractivity contribution is 0.266. The molecule has 2 aromatic rings. The van der Waals surface area contributed by atoms with Crippen LogP contribution in [0.15, 0.2) is 28.7 Å². The molecule has 96 valence electrons. The summed E-state index contributed by atoms with van der Waals surface area (Å²) >= 11 is 17.8. The largest absolute Gasteiger partial charge is 0.483 e. The van der Waals surface area contributed by atoms with Crippen LogP contribution in [0.3, 0.4) is 0 Å². The van der Waals surface area contributed by atoms with Gasteiger partial charge in [0.15, 0.2) is 5.75 Å². The van der Waals surface area contributed by atoms with E-state index < -0.39 is 0 Å². The maximum Gasteiger partial charge on any atom is 0.157 e. The molecule has 0 aliphatic heterocycles. The molecular formula is C12H10Cl3NO2. The molecular weight excluding hydrogens is 296 g/mol. The van der Waals surface area contributed by atoms with Crippen LogP contribution in [0, 0.1) is 0 Å². The molecule has 6 heteroatoms. The van der Waals surface area contributed by atoms with Crippen LogP contribution in [-0.4, -0.2) is 0 Å². The van der Waals surface area contributed by atoms with Crippen molar-refractivity contribution < 1.29 is 9.15 Å². The predicted octanol–water partition coefficient (Wildman–Crippen LogP) is 4.28. The van der Waals surface area contributed by atoms with Gasteiger partial charge in [-0.15, -0.1) is 0 Å². The van der Waals surface area contributed by atoms with E-state index in [1.807, 2.05) is 0 Å². The minimum Gasteiger partial charge on any atom is -0.483 e. The van der Waals surface area contributed by atoms with Gasteiger partial charge >= 0.3 is 0 Å². The third kappa shape index (κ3) is 3.12. The first kappa shape index (κ1) is 13.6. The van der Waals surface area contributed by atoms with Crippen LogP contribution >= 0.6 is 34.8 Å². The third-order valence-electron chi connectivity index (χ3n) is 2.24. The SMILES string of the molecule is NCc1ccc(COc2c(Cl)cc(Cl)cc2Cl)o1. The lowest BCUT2D eigenvalue weighted by Crippen LogP contribution is -1.96. The summed E-state index contributed by atoms with van der Waals surface area (Å²) in [6, 6.07) is 6.72. The fourth-order valence-corrected chi connectivity index (χ4v) is 2.35. The molecule has 0 aliphatic rings. The van der Waals surface area contributed by atoms with Gasteiger partial charge in [0.1, 0.15) is 18.1 Å². The quantitative estimate of drug-likeness (QED) is 0.917. The number of ether oxygens (including phenoxy) is 1. The molecule has 0 bridgehead atoms.